The lowest BCUT2D eigenvalue weighted by molar-refractivity contribution is 0.352. The van der Waals surface area contributed by atoms with Crippen LogP contribution in [0.4, 0.5) is 5.69 Å². The number of likely N-dealkylation sites (N-methyl/N-ethyl adjacent to an activating group) is 1. The van der Waals surface area contributed by atoms with Gasteiger partial charge in [0.2, 0.25) is 0 Å². The van der Waals surface area contributed by atoms with Crippen molar-refractivity contribution in [1.29, 1.82) is 0 Å². The first kappa shape index (κ1) is 9.95. The van der Waals surface area contributed by atoms with Crippen molar-refractivity contribution in [2.75, 3.05) is 25.5 Å². The van der Waals surface area contributed by atoms with Gasteiger partial charge in [0.05, 0.1) is 0 Å². The van der Waals surface area contributed by atoms with E-state index in [1.807, 2.05) is 0 Å². The van der Waals surface area contributed by atoms with E-state index in [9.17, 15) is 0 Å². The predicted octanol–water partition coefficient (Wildman–Crippen LogP) is 2.39. The average molecular weight is 228 g/mol. The fourth-order valence-electron chi connectivity index (χ4n) is 3.57. The first-order valence-corrected chi connectivity index (χ1v) is 6.78. The second-order valence-electron chi connectivity index (χ2n) is 6.31. The molecule has 1 N–H and O–H groups in total. The summed E-state index contributed by atoms with van der Waals surface area (Å²) >= 11 is 0. The van der Waals surface area contributed by atoms with Crippen molar-refractivity contribution < 1.29 is 0 Å². The van der Waals surface area contributed by atoms with Crippen molar-refractivity contribution in [2.45, 2.75) is 37.6 Å². The standard InChI is InChI=1S/C15H20N2/c1-15-9-13(15)12-7-10-3-5-17(2)6-4-11(10)8-14(12)16-15/h7-8,13,16H,3-6,9H2,1-2H3. The summed E-state index contributed by atoms with van der Waals surface area (Å²) in [5.74, 6) is 0.795. The summed E-state index contributed by atoms with van der Waals surface area (Å²) < 4.78 is 0. The van der Waals surface area contributed by atoms with E-state index in [-0.39, 0.29) is 0 Å². The molecule has 2 aliphatic heterocycles. The molecule has 0 saturated heterocycles. The minimum Gasteiger partial charge on any atom is -0.379 e. The number of nitrogens with one attached hydrogen (secondary N) is 1. The van der Waals surface area contributed by atoms with E-state index in [4.69, 9.17) is 0 Å². The number of hydrogen-bond acceptors (Lipinski definition) is 2. The molecule has 2 nitrogen and oxygen atoms in total. The molecule has 90 valence electrons. The number of nitrogens with zero attached hydrogens (tertiary/aromatic N) is 1. The Bertz CT molecular complexity index is 494. The van der Waals surface area contributed by atoms with Gasteiger partial charge in [0.25, 0.3) is 0 Å². The Balaban J connectivity index is 1.76. The van der Waals surface area contributed by atoms with Gasteiger partial charge in [-0.25, -0.2) is 0 Å². The molecule has 1 fully saturated rings. The predicted molar refractivity (Wildman–Crippen MR) is 70.7 cm³/mol. The molecule has 0 bridgehead atoms. The van der Waals surface area contributed by atoms with Crippen molar-refractivity contribution >= 4 is 5.69 Å². The molecule has 1 saturated carbocycles. The van der Waals surface area contributed by atoms with Crippen LogP contribution in [0, 0.1) is 0 Å². The van der Waals surface area contributed by atoms with Crippen molar-refractivity contribution in [3.8, 4) is 0 Å². The summed E-state index contributed by atoms with van der Waals surface area (Å²) in [7, 11) is 2.23. The minimum atomic E-state index is 0.402. The van der Waals surface area contributed by atoms with Gasteiger partial charge >= 0.3 is 0 Å². The molecule has 0 spiro atoms. The quantitative estimate of drug-likeness (QED) is 0.733. The molecule has 2 unspecified atom stereocenters. The molecule has 0 amide bonds. The van der Waals surface area contributed by atoms with Crippen LogP contribution in [0.15, 0.2) is 12.1 Å². The van der Waals surface area contributed by atoms with Crippen LogP contribution in [0.3, 0.4) is 0 Å². The van der Waals surface area contributed by atoms with E-state index >= 15 is 0 Å². The third-order valence-corrected chi connectivity index (χ3v) is 4.93. The summed E-state index contributed by atoms with van der Waals surface area (Å²) in [6.45, 7) is 4.77. The second-order valence-corrected chi connectivity index (χ2v) is 6.31. The maximum atomic E-state index is 3.72. The van der Waals surface area contributed by atoms with E-state index in [2.05, 4.69) is 36.3 Å². The Morgan fingerprint density at radius 2 is 1.94 bits per heavy atom. The summed E-state index contributed by atoms with van der Waals surface area (Å²) in [5.41, 5.74) is 6.60. The number of anilines is 1. The third kappa shape index (κ3) is 1.37. The van der Waals surface area contributed by atoms with Crippen LogP contribution in [-0.4, -0.2) is 30.6 Å². The summed E-state index contributed by atoms with van der Waals surface area (Å²) in [4.78, 5) is 2.44. The van der Waals surface area contributed by atoms with E-state index < -0.39 is 0 Å². The average Bonchev–Trinajstić information content (AvgIpc) is 2.92. The first-order valence-electron chi connectivity index (χ1n) is 6.78. The molecular weight excluding hydrogens is 208 g/mol. The van der Waals surface area contributed by atoms with E-state index in [1.54, 1.807) is 16.7 Å². The molecule has 2 atom stereocenters. The Morgan fingerprint density at radius 3 is 2.71 bits per heavy atom. The zero-order chi connectivity index (χ0) is 11.6. The van der Waals surface area contributed by atoms with Crippen LogP contribution in [0.2, 0.25) is 0 Å². The zero-order valence-corrected chi connectivity index (χ0v) is 10.7. The zero-order valence-electron chi connectivity index (χ0n) is 10.7. The lowest BCUT2D eigenvalue weighted by Crippen LogP contribution is -2.20. The lowest BCUT2D eigenvalue weighted by atomic mass is 9.97. The fraction of sp³-hybridized carbons (Fsp3) is 0.600. The van der Waals surface area contributed by atoms with Gasteiger partial charge in [-0.2, -0.15) is 0 Å². The first-order chi connectivity index (χ1) is 8.16. The molecule has 1 aliphatic carbocycles. The van der Waals surface area contributed by atoms with Gasteiger partial charge in [-0.05, 0) is 56.0 Å². The van der Waals surface area contributed by atoms with Crippen LogP contribution in [0.5, 0.6) is 0 Å². The number of rotatable bonds is 0. The van der Waals surface area contributed by atoms with Gasteiger partial charge in [0.15, 0.2) is 0 Å². The Hall–Kier alpha value is -1.02. The minimum absolute atomic E-state index is 0.402. The monoisotopic (exact) mass is 228 g/mol. The molecule has 1 aromatic carbocycles. The second kappa shape index (κ2) is 3.05. The topological polar surface area (TPSA) is 15.3 Å². The van der Waals surface area contributed by atoms with Crippen LogP contribution in [0.25, 0.3) is 0 Å². The van der Waals surface area contributed by atoms with Gasteiger partial charge in [-0.1, -0.05) is 6.07 Å². The summed E-state index contributed by atoms with van der Waals surface area (Å²) in [5, 5.41) is 3.72. The Kier molecular flexibility index (Phi) is 1.79. The normalized spacial score (nSPS) is 34.4. The van der Waals surface area contributed by atoms with Crippen molar-refractivity contribution in [2.24, 2.45) is 0 Å². The maximum absolute atomic E-state index is 3.72. The van der Waals surface area contributed by atoms with E-state index in [0.717, 1.165) is 5.92 Å². The van der Waals surface area contributed by atoms with Gasteiger partial charge in [0, 0.05) is 30.2 Å². The Labute approximate surface area is 103 Å². The molecule has 0 radical (unpaired) electrons. The molecule has 17 heavy (non-hydrogen) atoms. The van der Waals surface area contributed by atoms with Crippen LogP contribution >= 0.6 is 0 Å². The highest BCUT2D eigenvalue weighted by Crippen LogP contribution is 2.60. The largest absolute Gasteiger partial charge is 0.379 e. The highest BCUT2D eigenvalue weighted by Gasteiger charge is 2.56. The molecule has 3 aliphatic rings. The van der Waals surface area contributed by atoms with Crippen molar-refractivity contribution in [3.05, 3.63) is 28.8 Å². The smallest absolute Gasteiger partial charge is 0.0422 e. The molecule has 1 aromatic rings. The fourth-order valence-corrected chi connectivity index (χ4v) is 3.57. The summed E-state index contributed by atoms with van der Waals surface area (Å²) in [6.07, 6.45) is 3.77. The highest BCUT2D eigenvalue weighted by atomic mass is 15.1. The molecule has 2 heterocycles. The number of fused-ring (bicyclic) bond motifs is 4. The molecule has 4 rings (SSSR count). The van der Waals surface area contributed by atoms with Gasteiger partial charge < -0.3 is 10.2 Å². The number of benzene rings is 1. The number of hydrogen-bond donors (Lipinski definition) is 1. The van der Waals surface area contributed by atoms with Crippen LogP contribution in [-0.2, 0) is 12.8 Å². The van der Waals surface area contributed by atoms with Crippen molar-refractivity contribution in [3.63, 3.8) is 0 Å². The summed E-state index contributed by atoms with van der Waals surface area (Å²) in [6, 6.07) is 4.93. The Morgan fingerprint density at radius 1 is 1.24 bits per heavy atom. The molecular formula is C15H20N2. The molecule has 2 heteroatoms. The van der Waals surface area contributed by atoms with E-state index in [0.29, 0.717) is 5.54 Å². The van der Waals surface area contributed by atoms with Gasteiger partial charge in [-0.15, -0.1) is 0 Å². The maximum Gasteiger partial charge on any atom is 0.0422 e. The van der Waals surface area contributed by atoms with Crippen LogP contribution in [0.1, 0.15) is 36.0 Å². The van der Waals surface area contributed by atoms with Gasteiger partial charge in [-0.3, -0.25) is 0 Å². The SMILES string of the molecule is CN1CCc2cc3c(cc2CC1)C1CC1(C)N3. The van der Waals surface area contributed by atoms with E-state index in [1.165, 1.54) is 38.0 Å². The van der Waals surface area contributed by atoms with Gasteiger partial charge in [0.1, 0.15) is 0 Å². The lowest BCUT2D eigenvalue weighted by Gasteiger charge is -2.12. The molecule has 0 aromatic heterocycles. The third-order valence-electron chi connectivity index (χ3n) is 4.93. The van der Waals surface area contributed by atoms with Crippen LogP contribution < -0.4 is 5.32 Å². The van der Waals surface area contributed by atoms with Crippen molar-refractivity contribution in [1.82, 2.24) is 4.90 Å². The highest BCUT2D eigenvalue weighted by molar-refractivity contribution is 5.68.